The van der Waals surface area contributed by atoms with Crippen LogP contribution in [0.4, 0.5) is 24.8 Å². The number of nitrogens with zero attached hydrogens (tertiary/aromatic N) is 2. The fraction of sp³-hybridized carbons (Fsp3) is 0.600. The van der Waals surface area contributed by atoms with E-state index in [2.05, 4.69) is 15.3 Å². The molecule has 0 saturated heterocycles. The van der Waals surface area contributed by atoms with Crippen molar-refractivity contribution < 1.29 is 17.9 Å². The minimum Gasteiger partial charge on any atom is -0.385 e. The lowest BCUT2D eigenvalue weighted by Crippen LogP contribution is -2.15. The predicted octanol–water partition coefficient (Wildman–Crippen LogP) is 1.92. The molecule has 0 unspecified atom stereocenters. The van der Waals surface area contributed by atoms with Gasteiger partial charge in [0.1, 0.15) is 11.6 Å². The fourth-order valence-corrected chi connectivity index (χ4v) is 1.27. The van der Waals surface area contributed by atoms with Crippen LogP contribution in [-0.2, 0) is 10.9 Å². The molecule has 1 rings (SSSR count). The monoisotopic (exact) mass is 264 g/mol. The Bertz CT molecular complexity index is 384. The summed E-state index contributed by atoms with van der Waals surface area (Å²) in [6, 6.07) is 1.27. The van der Waals surface area contributed by atoms with Crippen molar-refractivity contribution in [3.63, 3.8) is 0 Å². The average Bonchev–Trinajstić information content (AvgIpc) is 2.27. The molecule has 3 N–H and O–H groups in total. The Balaban J connectivity index is 2.58. The van der Waals surface area contributed by atoms with Crippen LogP contribution in [-0.4, -0.2) is 30.2 Å². The molecule has 0 saturated carbocycles. The van der Waals surface area contributed by atoms with Crippen LogP contribution in [0.2, 0.25) is 0 Å². The van der Waals surface area contributed by atoms with Gasteiger partial charge in [0, 0.05) is 26.3 Å². The van der Waals surface area contributed by atoms with Crippen LogP contribution in [0.1, 0.15) is 18.7 Å². The van der Waals surface area contributed by atoms with Gasteiger partial charge in [0.25, 0.3) is 0 Å². The third-order valence-electron chi connectivity index (χ3n) is 2.08. The van der Waals surface area contributed by atoms with Crippen LogP contribution in [0.5, 0.6) is 0 Å². The second kappa shape index (κ2) is 6.39. The van der Waals surface area contributed by atoms with Gasteiger partial charge in [0.2, 0.25) is 5.82 Å². The van der Waals surface area contributed by atoms with Crippen molar-refractivity contribution in [2.24, 2.45) is 0 Å². The first-order valence-electron chi connectivity index (χ1n) is 5.38. The Kier molecular flexibility index (Phi) is 5.14. The number of hydrogen-bond donors (Lipinski definition) is 2. The quantitative estimate of drug-likeness (QED) is 0.768. The van der Waals surface area contributed by atoms with Gasteiger partial charge in [-0.15, -0.1) is 0 Å². The van der Waals surface area contributed by atoms with Gasteiger partial charge in [-0.1, -0.05) is 0 Å². The van der Waals surface area contributed by atoms with Gasteiger partial charge in [0.15, 0.2) is 0 Å². The fourth-order valence-electron chi connectivity index (χ4n) is 1.27. The third-order valence-corrected chi connectivity index (χ3v) is 2.08. The smallest absolute Gasteiger partial charge is 0.385 e. The van der Waals surface area contributed by atoms with Crippen molar-refractivity contribution in [1.82, 2.24) is 9.97 Å². The summed E-state index contributed by atoms with van der Waals surface area (Å²) >= 11 is 0. The molecule has 1 aromatic rings. The van der Waals surface area contributed by atoms with E-state index in [-0.39, 0.29) is 11.6 Å². The van der Waals surface area contributed by atoms with E-state index in [9.17, 15) is 13.2 Å². The second-order valence-corrected chi connectivity index (χ2v) is 3.63. The Morgan fingerprint density at radius 3 is 2.67 bits per heavy atom. The van der Waals surface area contributed by atoms with Gasteiger partial charge in [-0.05, 0) is 12.8 Å². The van der Waals surface area contributed by atoms with E-state index in [1.165, 1.54) is 6.07 Å². The third kappa shape index (κ3) is 4.74. The summed E-state index contributed by atoms with van der Waals surface area (Å²) in [5.74, 6) is -1.37. The summed E-state index contributed by atoms with van der Waals surface area (Å²) in [6.45, 7) is 1.11. The zero-order valence-electron chi connectivity index (χ0n) is 9.92. The number of nitrogen functional groups attached to an aromatic ring is 1. The number of methoxy groups -OCH3 is 1. The van der Waals surface area contributed by atoms with E-state index in [4.69, 9.17) is 10.5 Å². The topological polar surface area (TPSA) is 73.1 Å². The predicted molar refractivity (Wildman–Crippen MR) is 61.0 cm³/mol. The van der Waals surface area contributed by atoms with Crippen molar-refractivity contribution in [2.75, 3.05) is 31.3 Å². The molecule has 0 aliphatic carbocycles. The maximum Gasteiger partial charge on any atom is 0.451 e. The zero-order chi connectivity index (χ0) is 13.6. The number of nitrogens with two attached hydrogens (primary N) is 1. The highest BCUT2D eigenvalue weighted by Gasteiger charge is 2.35. The summed E-state index contributed by atoms with van der Waals surface area (Å²) in [6.07, 6.45) is -3.02. The summed E-state index contributed by atoms with van der Waals surface area (Å²) < 4.78 is 42.1. The Hall–Kier alpha value is -1.57. The van der Waals surface area contributed by atoms with Crippen molar-refractivity contribution in [2.45, 2.75) is 19.0 Å². The van der Waals surface area contributed by atoms with Crippen LogP contribution < -0.4 is 11.1 Å². The Morgan fingerprint density at radius 2 is 2.06 bits per heavy atom. The Morgan fingerprint density at radius 1 is 1.33 bits per heavy atom. The minimum atomic E-state index is -4.60. The molecule has 5 nitrogen and oxygen atoms in total. The number of hydrogen-bond acceptors (Lipinski definition) is 5. The highest BCUT2D eigenvalue weighted by Crippen LogP contribution is 2.27. The van der Waals surface area contributed by atoms with Gasteiger partial charge >= 0.3 is 6.18 Å². The molecule has 18 heavy (non-hydrogen) atoms. The first-order valence-corrected chi connectivity index (χ1v) is 5.38. The molecule has 0 aromatic carbocycles. The number of alkyl halides is 3. The maximum atomic E-state index is 12.4. The first-order chi connectivity index (χ1) is 8.43. The summed E-state index contributed by atoms with van der Waals surface area (Å²) in [7, 11) is 1.59. The average molecular weight is 264 g/mol. The van der Waals surface area contributed by atoms with Crippen molar-refractivity contribution in [3.05, 3.63) is 11.9 Å². The molecule has 0 bridgehead atoms. The number of rotatable bonds is 6. The number of ether oxygens (including phenoxy) is 1. The minimum absolute atomic E-state index is 0.0761. The molecule has 0 aliphatic rings. The van der Waals surface area contributed by atoms with E-state index in [1.807, 2.05) is 0 Å². The molecule has 8 heteroatoms. The summed E-state index contributed by atoms with van der Waals surface area (Å²) in [5.41, 5.74) is 5.30. The molecule has 0 atom stereocenters. The molecule has 0 aliphatic heterocycles. The SMILES string of the molecule is COCCCCNc1cc(N)nc(C(F)(F)F)n1. The largest absolute Gasteiger partial charge is 0.451 e. The molecule has 0 fully saturated rings. The highest BCUT2D eigenvalue weighted by molar-refractivity contribution is 5.44. The maximum absolute atomic E-state index is 12.4. The Labute approximate surface area is 103 Å². The van der Waals surface area contributed by atoms with Crippen molar-refractivity contribution >= 4 is 11.6 Å². The number of halogens is 3. The number of unbranched alkanes of at least 4 members (excludes halogenated alkanes) is 1. The normalized spacial score (nSPS) is 11.6. The van der Waals surface area contributed by atoms with E-state index >= 15 is 0 Å². The van der Waals surface area contributed by atoms with Crippen molar-refractivity contribution in [3.8, 4) is 0 Å². The molecule has 1 aromatic heterocycles. The summed E-state index contributed by atoms with van der Waals surface area (Å²) in [4.78, 5) is 6.51. The lowest BCUT2D eigenvalue weighted by molar-refractivity contribution is -0.144. The number of nitrogens with one attached hydrogen (secondary N) is 1. The molecular weight excluding hydrogens is 249 g/mol. The first kappa shape index (κ1) is 14.5. The number of anilines is 2. The number of aromatic nitrogens is 2. The van der Waals surface area contributed by atoms with Gasteiger partial charge in [-0.2, -0.15) is 13.2 Å². The standard InChI is InChI=1S/C10H15F3N4O/c1-18-5-3-2-4-15-8-6-7(14)16-9(17-8)10(11,12)13/h6H,2-5H2,1H3,(H3,14,15,16,17). The molecule has 0 amide bonds. The second-order valence-electron chi connectivity index (χ2n) is 3.63. The highest BCUT2D eigenvalue weighted by atomic mass is 19.4. The van der Waals surface area contributed by atoms with Crippen LogP contribution in [0.25, 0.3) is 0 Å². The molecule has 1 heterocycles. The lowest BCUT2D eigenvalue weighted by atomic mass is 10.3. The van der Waals surface area contributed by atoms with Gasteiger partial charge < -0.3 is 15.8 Å². The van der Waals surface area contributed by atoms with E-state index in [1.54, 1.807) is 7.11 Å². The van der Waals surface area contributed by atoms with Crippen LogP contribution >= 0.6 is 0 Å². The van der Waals surface area contributed by atoms with Crippen molar-refractivity contribution in [1.29, 1.82) is 0 Å². The summed E-state index contributed by atoms with van der Waals surface area (Å²) in [5, 5.41) is 2.77. The molecule has 0 radical (unpaired) electrons. The molecule has 102 valence electrons. The zero-order valence-corrected chi connectivity index (χ0v) is 9.92. The van der Waals surface area contributed by atoms with E-state index in [0.717, 1.165) is 12.8 Å². The molecule has 0 spiro atoms. The van der Waals surface area contributed by atoms with Crippen LogP contribution in [0.15, 0.2) is 6.07 Å². The van der Waals surface area contributed by atoms with Crippen LogP contribution in [0, 0.1) is 0 Å². The lowest BCUT2D eigenvalue weighted by Gasteiger charge is -2.09. The van der Waals surface area contributed by atoms with Gasteiger partial charge in [0.05, 0.1) is 0 Å². The van der Waals surface area contributed by atoms with E-state index < -0.39 is 12.0 Å². The van der Waals surface area contributed by atoms with E-state index in [0.29, 0.717) is 13.2 Å². The molecular formula is C10H15F3N4O. The van der Waals surface area contributed by atoms with Crippen LogP contribution in [0.3, 0.4) is 0 Å². The van der Waals surface area contributed by atoms with Gasteiger partial charge in [-0.25, -0.2) is 9.97 Å². The van der Waals surface area contributed by atoms with Gasteiger partial charge in [-0.3, -0.25) is 0 Å².